The molecule has 2 aromatic rings. The molecule has 0 fully saturated rings. The monoisotopic (exact) mass is 382 g/mol. The Morgan fingerprint density at radius 2 is 1.62 bits per heavy atom. The number of hydrogen-bond acceptors (Lipinski definition) is 5. The van der Waals surface area contributed by atoms with Crippen LogP contribution in [-0.4, -0.2) is 20.6 Å². The molecule has 1 aromatic heterocycles. The Morgan fingerprint density at radius 1 is 1.05 bits per heavy atom. The van der Waals surface area contributed by atoms with Gasteiger partial charge in [-0.2, -0.15) is 10.5 Å². The van der Waals surface area contributed by atoms with E-state index >= 15 is 0 Å². The number of H-pyrrole nitrogens is 1. The first-order chi connectivity index (χ1) is 9.97. The van der Waals surface area contributed by atoms with Crippen molar-refractivity contribution < 1.29 is 0 Å². The van der Waals surface area contributed by atoms with Gasteiger partial charge in [0, 0.05) is 6.20 Å². The third-order valence-corrected chi connectivity index (χ3v) is 4.55. The van der Waals surface area contributed by atoms with Crippen molar-refractivity contribution in [1.82, 2.24) is 20.6 Å². The molecule has 0 bridgehead atoms. The number of aromatic nitrogens is 4. The Balaban J connectivity index is 2.44. The molecule has 11 heteroatoms. The molecule has 1 heterocycles. The van der Waals surface area contributed by atoms with Crippen molar-refractivity contribution in [3.05, 3.63) is 37.1 Å². The lowest BCUT2D eigenvalue weighted by atomic mass is 10.3. The van der Waals surface area contributed by atoms with Crippen molar-refractivity contribution in [1.29, 1.82) is 5.26 Å². The summed E-state index contributed by atoms with van der Waals surface area (Å²) in [4.78, 5) is 0. The lowest BCUT2D eigenvalue weighted by Gasteiger charge is -2.12. The van der Waals surface area contributed by atoms with E-state index < -0.39 is 0 Å². The van der Waals surface area contributed by atoms with Gasteiger partial charge < -0.3 is 5.32 Å². The third-order valence-electron chi connectivity index (χ3n) is 2.28. The highest BCUT2D eigenvalue weighted by atomic mass is 35.5. The maximum absolute atomic E-state index is 9.05. The molecule has 0 aliphatic heterocycles. The summed E-state index contributed by atoms with van der Waals surface area (Å²) in [6.07, 6.45) is 1.29. The van der Waals surface area contributed by atoms with Gasteiger partial charge in [0.15, 0.2) is 0 Å². The minimum Gasteiger partial charge on any atom is -0.358 e. The number of anilines is 1. The average Bonchev–Trinajstić information content (AvgIpc) is 3.01. The number of benzene rings is 1. The number of nitrogens with zero attached hydrogens (tertiary/aromatic N) is 4. The number of rotatable bonds is 3. The standard InChI is InChI=1S/C10H3Cl5N6/c11-4-5(12)7(14)9(8(15)6(4)13)17-2-3(1-16)10-18-20-21-19-10/h2,17H,(H,18,19,20,21). The summed E-state index contributed by atoms with van der Waals surface area (Å²) in [6, 6.07) is 1.89. The molecule has 108 valence electrons. The number of nitriles is 1. The first-order valence-electron chi connectivity index (χ1n) is 5.09. The van der Waals surface area contributed by atoms with Gasteiger partial charge in [-0.3, -0.25) is 0 Å². The van der Waals surface area contributed by atoms with Crippen LogP contribution >= 0.6 is 58.0 Å². The maximum atomic E-state index is 9.05. The van der Waals surface area contributed by atoms with Gasteiger partial charge in [-0.05, 0) is 5.21 Å². The van der Waals surface area contributed by atoms with Crippen LogP contribution in [0, 0.1) is 11.3 Å². The normalized spacial score (nSPS) is 11.3. The van der Waals surface area contributed by atoms with Crippen molar-refractivity contribution in [2.45, 2.75) is 0 Å². The van der Waals surface area contributed by atoms with E-state index in [0.717, 1.165) is 0 Å². The molecule has 21 heavy (non-hydrogen) atoms. The van der Waals surface area contributed by atoms with Gasteiger partial charge in [-0.1, -0.05) is 58.0 Å². The Labute approximate surface area is 143 Å². The number of aromatic amines is 1. The van der Waals surface area contributed by atoms with Crippen molar-refractivity contribution in [2.75, 3.05) is 5.32 Å². The molecule has 0 aliphatic carbocycles. The fraction of sp³-hybridized carbons (Fsp3) is 0. The van der Waals surface area contributed by atoms with Crippen LogP contribution in [0.1, 0.15) is 5.82 Å². The number of hydrogen-bond donors (Lipinski definition) is 2. The molecule has 0 aliphatic rings. The molecule has 2 rings (SSSR count). The smallest absolute Gasteiger partial charge is 0.216 e. The maximum Gasteiger partial charge on any atom is 0.216 e. The predicted molar refractivity (Wildman–Crippen MR) is 82.9 cm³/mol. The largest absolute Gasteiger partial charge is 0.358 e. The molecule has 6 nitrogen and oxygen atoms in total. The minimum atomic E-state index is 0.0431. The van der Waals surface area contributed by atoms with Gasteiger partial charge in [0.2, 0.25) is 5.82 Å². The highest BCUT2D eigenvalue weighted by Gasteiger charge is 2.19. The molecule has 0 saturated carbocycles. The highest BCUT2D eigenvalue weighted by molar-refractivity contribution is 6.56. The summed E-state index contributed by atoms with van der Waals surface area (Å²) in [5, 5.41) is 25.0. The summed E-state index contributed by atoms with van der Waals surface area (Å²) in [5.41, 5.74) is 0.298. The van der Waals surface area contributed by atoms with Crippen molar-refractivity contribution in [2.24, 2.45) is 0 Å². The van der Waals surface area contributed by atoms with E-state index in [9.17, 15) is 0 Å². The second-order valence-electron chi connectivity index (χ2n) is 3.49. The van der Waals surface area contributed by atoms with Gasteiger partial charge in [-0.25, -0.2) is 0 Å². The molecule has 1 aromatic carbocycles. The second-order valence-corrected chi connectivity index (χ2v) is 5.38. The Kier molecular flexibility index (Phi) is 5.14. The van der Waals surface area contributed by atoms with Crippen LogP contribution in [-0.2, 0) is 0 Å². The molecule has 0 radical (unpaired) electrons. The summed E-state index contributed by atoms with van der Waals surface area (Å²) in [7, 11) is 0. The van der Waals surface area contributed by atoms with E-state index in [4.69, 9.17) is 63.3 Å². The highest BCUT2D eigenvalue weighted by Crippen LogP contribution is 2.46. The van der Waals surface area contributed by atoms with Crippen LogP contribution in [0.5, 0.6) is 0 Å². The third kappa shape index (κ3) is 3.18. The Bertz CT molecular complexity index is 719. The fourth-order valence-electron chi connectivity index (χ4n) is 1.30. The SMILES string of the molecule is N#CC(=CNc1c(Cl)c(Cl)c(Cl)c(Cl)c1Cl)c1nn[nH]n1. The molecule has 0 amide bonds. The zero-order chi connectivity index (χ0) is 15.6. The lowest BCUT2D eigenvalue weighted by Crippen LogP contribution is -1.96. The fourth-order valence-corrected chi connectivity index (χ4v) is 2.55. The van der Waals surface area contributed by atoms with Crippen LogP contribution in [0.2, 0.25) is 25.1 Å². The van der Waals surface area contributed by atoms with Gasteiger partial charge in [-0.15, -0.1) is 10.2 Å². The van der Waals surface area contributed by atoms with E-state index in [1.54, 1.807) is 0 Å². The van der Waals surface area contributed by atoms with E-state index in [0.29, 0.717) is 0 Å². The van der Waals surface area contributed by atoms with Crippen LogP contribution in [0.25, 0.3) is 5.57 Å². The lowest BCUT2D eigenvalue weighted by molar-refractivity contribution is 0.881. The average molecular weight is 384 g/mol. The van der Waals surface area contributed by atoms with Gasteiger partial charge in [0.25, 0.3) is 0 Å². The van der Waals surface area contributed by atoms with Crippen molar-refractivity contribution in [3.8, 4) is 6.07 Å². The van der Waals surface area contributed by atoms with E-state index in [1.165, 1.54) is 6.20 Å². The van der Waals surface area contributed by atoms with E-state index in [-0.39, 0.29) is 42.2 Å². The topological polar surface area (TPSA) is 90.3 Å². The molecule has 0 atom stereocenters. The minimum absolute atomic E-state index is 0.0431. The summed E-state index contributed by atoms with van der Waals surface area (Å²) >= 11 is 29.8. The van der Waals surface area contributed by atoms with Crippen LogP contribution in [0.4, 0.5) is 5.69 Å². The molecule has 2 N–H and O–H groups in total. The summed E-state index contributed by atoms with van der Waals surface area (Å²) in [5.74, 6) is 0.100. The van der Waals surface area contributed by atoms with Gasteiger partial charge in [0.05, 0.1) is 30.8 Å². The van der Waals surface area contributed by atoms with Crippen LogP contribution in [0.3, 0.4) is 0 Å². The first-order valence-corrected chi connectivity index (χ1v) is 6.98. The van der Waals surface area contributed by atoms with Gasteiger partial charge >= 0.3 is 0 Å². The first kappa shape index (κ1) is 16.1. The van der Waals surface area contributed by atoms with E-state index in [2.05, 4.69) is 25.9 Å². The zero-order valence-electron chi connectivity index (χ0n) is 9.76. The number of nitrogens with one attached hydrogen (secondary N) is 2. The molecule has 0 unspecified atom stereocenters. The van der Waals surface area contributed by atoms with Crippen molar-refractivity contribution in [3.63, 3.8) is 0 Å². The predicted octanol–water partition coefficient (Wildman–Crippen LogP) is 4.44. The van der Waals surface area contributed by atoms with Crippen LogP contribution in [0.15, 0.2) is 6.20 Å². The molecule has 0 saturated heterocycles. The molecule has 0 spiro atoms. The van der Waals surface area contributed by atoms with Crippen LogP contribution < -0.4 is 5.32 Å². The Morgan fingerprint density at radius 3 is 2.10 bits per heavy atom. The molecular formula is C10H3Cl5N6. The Hall–Kier alpha value is -1.23. The summed E-state index contributed by atoms with van der Waals surface area (Å²) in [6.45, 7) is 0. The molecular weight excluding hydrogens is 381 g/mol. The second kappa shape index (κ2) is 6.69. The summed E-state index contributed by atoms with van der Waals surface area (Å²) < 4.78 is 0. The zero-order valence-corrected chi connectivity index (χ0v) is 13.5. The van der Waals surface area contributed by atoms with E-state index in [1.807, 2.05) is 6.07 Å². The van der Waals surface area contributed by atoms with Crippen molar-refractivity contribution >= 4 is 69.3 Å². The number of halogens is 5. The number of allylic oxidation sites excluding steroid dienone is 1. The number of tetrazole rings is 1. The van der Waals surface area contributed by atoms with Gasteiger partial charge in [0.1, 0.15) is 11.6 Å². The quantitative estimate of drug-likeness (QED) is 0.464.